The second-order valence-electron chi connectivity index (χ2n) is 6.66. The number of anilines is 1. The van der Waals surface area contributed by atoms with Crippen molar-refractivity contribution in [2.75, 3.05) is 24.3 Å². The van der Waals surface area contributed by atoms with Crippen molar-refractivity contribution in [2.24, 2.45) is 10.7 Å². The Balaban J connectivity index is 0.00000256. The molecule has 2 unspecified atom stereocenters. The van der Waals surface area contributed by atoms with Gasteiger partial charge >= 0.3 is 6.55 Å². The predicted molar refractivity (Wildman–Crippen MR) is 105 cm³/mol. The molecule has 1 saturated heterocycles. The number of alkyl halides is 3. The third kappa shape index (κ3) is 3.63. The number of nitrogens with one attached hydrogen (secondary N) is 1. The Labute approximate surface area is 178 Å². The molecule has 0 bridgehead atoms. The van der Waals surface area contributed by atoms with Gasteiger partial charge in [-0.3, -0.25) is 4.79 Å². The van der Waals surface area contributed by atoms with Gasteiger partial charge in [-0.1, -0.05) is 11.8 Å². The molecule has 3 N–H and O–H groups in total. The average molecular weight is 466 g/mol. The molecule has 1 aromatic heterocycles. The topological polar surface area (TPSA) is 94.5 Å². The van der Waals surface area contributed by atoms with E-state index in [-0.39, 0.29) is 53.5 Å². The number of amidine groups is 1. The van der Waals surface area contributed by atoms with Crippen molar-refractivity contribution >= 4 is 40.9 Å². The van der Waals surface area contributed by atoms with E-state index in [1.165, 1.54) is 12.1 Å². The zero-order chi connectivity index (χ0) is 20.8. The fraction of sp³-hybridized carbons (Fsp3) is 0.353. The Kier molecular flexibility index (Phi) is 6.03. The maximum absolute atomic E-state index is 15.5. The predicted octanol–water partition coefficient (Wildman–Crippen LogP) is 3.09. The maximum atomic E-state index is 15.5. The van der Waals surface area contributed by atoms with Gasteiger partial charge in [0, 0.05) is 23.2 Å². The van der Waals surface area contributed by atoms with Gasteiger partial charge in [-0.2, -0.15) is 13.9 Å². The number of aromatic nitrogens is 2. The van der Waals surface area contributed by atoms with Crippen LogP contribution in [0.2, 0.25) is 0 Å². The van der Waals surface area contributed by atoms with Crippen LogP contribution < -0.4 is 11.1 Å². The van der Waals surface area contributed by atoms with E-state index in [0.717, 1.165) is 30.1 Å². The Morgan fingerprint density at radius 1 is 1.33 bits per heavy atom. The number of thioether (sulfide) groups is 1. The zero-order valence-corrected chi connectivity index (χ0v) is 16.8. The summed E-state index contributed by atoms with van der Waals surface area (Å²) < 4.78 is 61.1. The highest BCUT2D eigenvalue weighted by Crippen LogP contribution is 2.50. The highest BCUT2D eigenvalue weighted by molar-refractivity contribution is 8.13. The molecule has 162 valence electrons. The van der Waals surface area contributed by atoms with Crippen LogP contribution in [0.25, 0.3) is 0 Å². The van der Waals surface area contributed by atoms with Gasteiger partial charge < -0.3 is 15.8 Å². The van der Waals surface area contributed by atoms with Crippen LogP contribution in [0, 0.1) is 5.82 Å². The first-order chi connectivity index (χ1) is 13.7. The third-order valence-corrected chi connectivity index (χ3v) is 5.83. The number of amides is 1. The number of rotatable bonds is 4. The Morgan fingerprint density at radius 2 is 2.10 bits per heavy atom. The quantitative estimate of drug-likeness (QED) is 0.677. The molecule has 7 nitrogen and oxygen atoms in total. The van der Waals surface area contributed by atoms with E-state index < -0.39 is 29.5 Å². The van der Waals surface area contributed by atoms with Crippen molar-refractivity contribution in [1.82, 2.24) is 9.78 Å². The summed E-state index contributed by atoms with van der Waals surface area (Å²) in [6, 6.07) is 4.68. The summed E-state index contributed by atoms with van der Waals surface area (Å²) in [4.78, 5) is 16.5. The largest absolute Gasteiger partial charge is 0.379 e. The Morgan fingerprint density at radius 3 is 2.80 bits per heavy atom. The number of halogens is 5. The molecular weight excluding hydrogens is 450 g/mol. The molecule has 2 aromatic rings. The molecule has 2 aliphatic heterocycles. The molecule has 2 atom stereocenters. The lowest BCUT2D eigenvalue weighted by Gasteiger charge is -2.38. The van der Waals surface area contributed by atoms with Crippen LogP contribution in [-0.2, 0) is 10.3 Å². The minimum Gasteiger partial charge on any atom is -0.379 e. The van der Waals surface area contributed by atoms with Crippen LogP contribution in [0.4, 0.5) is 23.2 Å². The van der Waals surface area contributed by atoms with Crippen molar-refractivity contribution < 1.29 is 27.1 Å². The number of carbonyl (C=O) groups is 1. The van der Waals surface area contributed by atoms with Crippen LogP contribution in [0.3, 0.4) is 0 Å². The van der Waals surface area contributed by atoms with Gasteiger partial charge in [-0.25, -0.2) is 18.5 Å². The number of nitrogens with zero attached hydrogens (tertiary/aromatic N) is 3. The second kappa shape index (κ2) is 8.08. The summed E-state index contributed by atoms with van der Waals surface area (Å²) in [5.74, 6) is -1.57. The highest BCUT2D eigenvalue weighted by atomic mass is 35.5. The van der Waals surface area contributed by atoms with Crippen molar-refractivity contribution in [3.63, 3.8) is 0 Å². The molecule has 0 saturated carbocycles. The SMILES string of the molecule is Cl.NC1=NC2(c3cc(NC(=O)c4ccn(C(F)F)n4)ccc3F)COCC2(F)CS1. The summed E-state index contributed by atoms with van der Waals surface area (Å²) in [5, 5.41) is 6.02. The Bertz CT molecular complexity index is 1010. The molecule has 3 heterocycles. The summed E-state index contributed by atoms with van der Waals surface area (Å²) in [5.41, 5.74) is 1.87. The van der Waals surface area contributed by atoms with Crippen LogP contribution >= 0.6 is 24.2 Å². The van der Waals surface area contributed by atoms with Crippen molar-refractivity contribution in [3.05, 3.63) is 47.5 Å². The monoisotopic (exact) mass is 465 g/mol. The van der Waals surface area contributed by atoms with Crippen molar-refractivity contribution in [1.29, 1.82) is 0 Å². The van der Waals surface area contributed by atoms with Gasteiger partial charge in [0.1, 0.15) is 5.82 Å². The van der Waals surface area contributed by atoms with Crippen LogP contribution in [0.15, 0.2) is 35.5 Å². The molecule has 30 heavy (non-hydrogen) atoms. The molecule has 1 amide bonds. The fourth-order valence-electron chi connectivity index (χ4n) is 3.37. The summed E-state index contributed by atoms with van der Waals surface area (Å²) in [6.07, 6.45) is 0.957. The van der Waals surface area contributed by atoms with E-state index in [0.29, 0.717) is 4.68 Å². The van der Waals surface area contributed by atoms with Gasteiger partial charge in [0.05, 0.1) is 13.2 Å². The molecule has 0 radical (unpaired) electrons. The number of benzene rings is 1. The highest BCUT2D eigenvalue weighted by Gasteiger charge is 2.61. The number of aliphatic imine (C=N–C) groups is 1. The normalized spacial score (nSPS) is 25.4. The minimum atomic E-state index is -2.89. The number of carbonyl (C=O) groups excluding carboxylic acids is 1. The van der Waals surface area contributed by atoms with Gasteiger partial charge in [0.25, 0.3) is 5.91 Å². The maximum Gasteiger partial charge on any atom is 0.333 e. The van der Waals surface area contributed by atoms with E-state index in [1.807, 2.05) is 0 Å². The third-order valence-electron chi connectivity index (χ3n) is 4.84. The first kappa shape index (κ1) is 22.4. The molecule has 0 aliphatic carbocycles. The van der Waals surface area contributed by atoms with Gasteiger partial charge in [-0.05, 0) is 24.3 Å². The molecule has 13 heteroatoms. The van der Waals surface area contributed by atoms with Crippen LogP contribution in [-0.4, -0.2) is 45.5 Å². The molecule has 1 fully saturated rings. The first-order valence-electron chi connectivity index (χ1n) is 8.44. The lowest BCUT2D eigenvalue weighted by Crippen LogP contribution is -2.52. The van der Waals surface area contributed by atoms with E-state index in [2.05, 4.69) is 15.4 Å². The molecular formula is C17H16ClF4N5O2S. The molecule has 1 aromatic carbocycles. The van der Waals surface area contributed by atoms with Crippen LogP contribution in [0.1, 0.15) is 22.6 Å². The van der Waals surface area contributed by atoms with Crippen LogP contribution in [0.5, 0.6) is 0 Å². The number of ether oxygens (including phenoxy) is 1. The summed E-state index contributed by atoms with van der Waals surface area (Å²) >= 11 is 1.02. The Hall–Kier alpha value is -2.31. The lowest BCUT2D eigenvalue weighted by molar-refractivity contribution is 0.0561. The van der Waals surface area contributed by atoms with Gasteiger partial charge in [-0.15, -0.1) is 12.4 Å². The standard InChI is InChI=1S/C17H15F4N5O2S.ClH/c18-11-2-1-9(23-13(27)12-3-4-26(25-12)14(19)20)5-10(11)17-7-28-6-16(17,21)8-29-15(22)24-17;/h1-5,14H,6-8H2,(H2,22,24)(H,23,27);1H. The second-order valence-corrected chi connectivity index (χ2v) is 7.66. The van der Waals surface area contributed by atoms with Gasteiger partial charge in [0.15, 0.2) is 22.1 Å². The summed E-state index contributed by atoms with van der Waals surface area (Å²) in [6.45, 7) is -3.36. The summed E-state index contributed by atoms with van der Waals surface area (Å²) in [7, 11) is 0. The van der Waals surface area contributed by atoms with E-state index in [9.17, 15) is 18.0 Å². The van der Waals surface area contributed by atoms with E-state index in [4.69, 9.17) is 10.5 Å². The number of hydrogen-bond acceptors (Lipinski definition) is 6. The fourth-order valence-corrected chi connectivity index (χ4v) is 4.29. The van der Waals surface area contributed by atoms with Gasteiger partial charge in [0.2, 0.25) is 0 Å². The molecule has 2 aliphatic rings. The van der Waals surface area contributed by atoms with E-state index >= 15 is 4.39 Å². The lowest BCUT2D eigenvalue weighted by atomic mass is 9.79. The molecule has 0 spiro atoms. The first-order valence-corrected chi connectivity index (χ1v) is 9.42. The zero-order valence-electron chi connectivity index (χ0n) is 15.1. The minimum absolute atomic E-state index is 0. The van der Waals surface area contributed by atoms with Crippen molar-refractivity contribution in [3.8, 4) is 0 Å². The number of hydrogen-bond donors (Lipinski definition) is 2. The smallest absolute Gasteiger partial charge is 0.333 e. The number of fused-ring (bicyclic) bond motifs is 1. The molecule has 4 rings (SSSR count). The van der Waals surface area contributed by atoms with E-state index in [1.54, 1.807) is 0 Å². The van der Waals surface area contributed by atoms with Crippen molar-refractivity contribution in [2.45, 2.75) is 17.8 Å². The number of nitrogens with two attached hydrogens (primary N) is 1. The average Bonchev–Trinajstić information content (AvgIpc) is 3.29.